The Morgan fingerprint density at radius 3 is 2.48 bits per heavy atom. The van der Waals surface area contributed by atoms with Crippen molar-refractivity contribution in [1.82, 2.24) is 4.98 Å². The summed E-state index contributed by atoms with van der Waals surface area (Å²) in [6.07, 6.45) is 3.21. The van der Waals surface area contributed by atoms with Gasteiger partial charge in [-0.25, -0.2) is 0 Å². The molecule has 2 nitrogen and oxygen atoms in total. The predicted octanol–water partition coefficient (Wildman–Crippen LogP) is 4.22. The van der Waals surface area contributed by atoms with Gasteiger partial charge in [-0.15, -0.1) is 0 Å². The third-order valence-electron chi connectivity index (χ3n) is 3.79. The molecule has 104 valence electrons. The largest absolute Gasteiger partial charge is 0.294 e. The summed E-state index contributed by atoms with van der Waals surface area (Å²) in [4.78, 5) is 17.0. The van der Waals surface area contributed by atoms with Crippen LogP contribution in [-0.2, 0) is 12.8 Å². The van der Waals surface area contributed by atoms with Crippen molar-refractivity contribution in [3.63, 3.8) is 0 Å². The molecule has 0 unspecified atom stereocenters. The molecule has 0 saturated carbocycles. The van der Waals surface area contributed by atoms with E-state index in [9.17, 15) is 4.79 Å². The molecule has 2 heteroatoms. The van der Waals surface area contributed by atoms with Crippen molar-refractivity contribution in [3.8, 4) is 0 Å². The topological polar surface area (TPSA) is 30.0 Å². The van der Waals surface area contributed by atoms with Gasteiger partial charge in [0, 0.05) is 23.6 Å². The Morgan fingerprint density at radius 2 is 1.71 bits per heavy atom. The average Bonchev–Trinajstić information content (AvgIpc) is 2.56. The van der Waals surface area contributed by atoms with E-state index in [1.54, 1.807) is 0 Å². The molecule has 0 spiro atoms. The van der Waals surface area contributed by atoms with Crippen LogP contribution in [0, 0.1) is 0 Å². The Balaban J connectivity index is 2.05. The second kappa shape index (κ2) is 5.88. The summed E-state index contributed by atoms with van der Waals surface area (Å²) in [5.41, 5.74) is 3.97. The highest BCUT2D eigenvalue weighted by molar-refractivity contribution is 6.00. The minimum atomic E-state index is 0.154. The van der Waals surface area contributed by atoms with E-state index in [0.29, 0.717) is 6.42 Å². The van der Waals surface area contributed by atoms with Crippen LogP contribution in [0.1, 0.15) is 28.4 Å². The molecule has 0 fully saturated rings. The zero-order valence-electron chi connectivity index (χ0n) is 12.0. The molecule has 0 radical (unpaired) electrons. The molecule has 3 rings (SSSR count). The van der Waals surface area contributed by atoms with Crippen LogP contribution in [0.2, 0.25) is 0 Å². The van der Waals surface area contributed by atoms with Gasteiger partial charge in [-0.3, -0.25) is 9.78 Å². The second-order valence-electron chi connectivity index (χ2n) is 5.10. The van der Waals surface area contributed by atoms with Crippen LogP contribution >= 0.6 is 0 Å². The normalized spacial score (nSPS) is 10.7. The maximum atomic E-state index is 12.5. The minimum absolute atomic E-state index is 0.154. The molecule has 2 aromatic carbocycles. The number of aryl methyl sites for hydroxylation is 1. The molecule has 0 saturated heterocycles. The van der Waals surface area contributed by atoms with Crippen LogP contribution in [0.15, 0.2) is 60.8 Å². The Morgan fingerprint density at radius 1 is 1.00 bits per heavy atom. The van der Waals surface area contributed by atoms with Gasteiger partial charge in [0.15, 0.2) is 5.78 Å². The van der Waals surface area contributed by atoms with E-state index in [4.69, 9.17) is 0 Å². The van der Waals surface area contributed by atoms with Crippen molar-refractivity contribution in [2.75, 3.05) is 0 Å². The van der Waals surface area contributed by atoms with E-state index in [0.717, 1.165) is 34.0 Å². The zero-order valence-corrected chi connectivity index (χ0v) is 12.0. The molecular formula is C19H17NO. The number of hydrogen-bond donors (Lipinski definition) is 0. The molecule has 1 aromatic heterocycles. The first-order valence-electron chi connectivity index (χ1n) is 7.23. The molecule has 0 amide bonds. The van der Waals surface area contributed by atoms with Gasteiger partial charge in [0.2, 0.25) is 0 Å². The Hall–Kier alpha value is -2.48. The summed E-state index contributed by atoms with van der Waals surface area (Å²) in [6.45, 7) is 2.10. The molecule has 0 N–H and O–H groups in total. The SMILES string of the molecule is CCc1cnc2ccccc2c1CC(=O)c1ccccc1. The number of rotatable bonds is 4. The summed E-state index contributed by atoms with van der Waals surface area (Å²) in [5, 5.41) is 1.08. The number of fused-ring (bicyclic) bond motifs is 1. The molecule has 3 aromatic rings. The van der Waals surface area contributed by atoms with Gasteiger partial charge in [-0.1, -0.05) is 55.5 Å². The Bertz CT molecular complexity index is 778. The van der Waals surface area contributed by atoms with E-state index in [1.807, 2.05) is 54.7 Å². The van der Waals surface area contributed by atoms with E-state index in [-0.39, 0.29) is 5.78 Å². The molecule has 0 aliphatic heterocycles. The van der Waals surface area contributed by atoms with Crippen LogP contribution in [0.25, 0.3) is 10.9 Å². The highest BCUT2D eigenvalue weighted by Gasteiger charge is 2.13. The molecule has 0 bridgehead atoms. The van der Waals surface area contributed by atoms with Crippen LogP contribution in [0.4, 0.5) is 0 Å². The first kappa shape index (κ1) is 13.5. The fourth-order valence-electron chi connectivity index (χ4n) is 2.64. The smallest absolute Gasteiger partial charge is 0.167 e. The fraction of sp³-hybridized carbons (Fsp3) is 0.158. The summed E-state index contributed by atoms with van der Waals surface area (Å²) in [6, 6.07) is 17.5. The maximum absolute atomic E-state index is 12.5. The van der Waals surface area contributed by atoms with Gasteiger partial charge in [0.1, 0.15) is 0 Å². The quantitative estimate of drug-likeness (QED) is 0.667. The van der Waals surface area contributed by atoms with Crippen molar-refractivity contribution >= 4 is 16.7 Å². The second-order valence-corrected chi connectivity index (χ2v) is 5.10. The van der Waals surface area contributed by atoms with Crippen LogP contribution in [0.3, 0.4) is 0 Å². The molecule has 0 aliphatic rings. The summed E-state index contributed by atoms with van der Waals surface area (Å²) in [7, 11) is 0. The minimum Gasteiger partial charge on any atom is -0.294 e. The van der Waals surface area contributed by atoms with Crippen LogP contribution in [-0.4, -0.2) is 10.8 Å². The van der Waals surface area contributed by atoms with Crippen molar-refractivity contribution in [2.45, 2.75) is 19.8 Å². The molecule has 0 aliphatic carbocycles. The van der Waals surface area contributed by atoms with Gasteiger partial charge < -0.3 is 0 Å². The molecule has 21 heavy (non-hydrogen) atoms. The lowest BCUT2D eigenvalue weighted by atomic mass is 9.95. The third-order valence-corrected chi connectivity index (χ3v) is 3.79. The number of hydrogen-bond acceptors (Lipinski definition) is 2. The number of carbonyl (C=O) groups excluding carboxylic acids is 1. The van der Waals surface area contributed by atoms with Crippen molar-refractivity contribution in [1.29, 1.82) is 0 Å². The monoisotopic (exact) mass is 275 g/mol. The Labute approximate surface area is 124 Å². The van der Waals surface area contributed by atoms with E-state index >= 15 is 0 Å². The van der Waals surface area contributed by atoms with E-state index in [1.165, 1.54) is 0 Å². The van der Waals surface area contributed by atoms with Gasteiger partial charge in [-0.2, -0.15) is 0 Å². The average molecular weight is 275 g/mol. The van der Waals surface area contributed by atoms with Crippen molar-refractivity contribution < 1.29 is 4.79 Å². The number of benzene rings is 2. The summed E-state index contributed by atoms with van der Waals surface area (Å²) < 4.78 is 0. The number of carbonyl (C=O) groups is 1. The van der Waals surface area contributed by atoms with Crippen LogP contribution < -0.4 is 0 Å². The summed E-state index contributed by atoms with van der Waals surface area (Å²) >= 11 is 0. The van der Waals surface area contributed by atoms with Gasteiger partial charge in [-0.05, 0) is 23.6 Å². The number of ketones is 1. The number of pyridine rings is 1. The number of Topliss-reactive ketones (excluding diaryl/α,β-unsaturated/α-hetero) is 1. The molecule has 1 heterocycles. The third kappa shape index (κ3) is 2.70. The lowest BCUT2D eigenvalue weighted by Crippen LogP contribution is -2.07. The standard InChI is InChI=1S/C19H17NO/c1-2-14-13-20-18-11-7-6-10-16(18)17(14)12-19(21)15-8-4-3-5-9-15/h3-11,13H,2,12H2,1H3. The van der Waals surface area contributed by atoms with Gasteiger partial charge in [0.05, 0.1) is 5.52 Å². The van der Waals surface area contributed by atoms with Crippen molar-refractivity contribution in [2.24, 2.45) is 0 Å². The lowest BCUT2D eigenvalue weighted by Gasteiger charge is -2.11. The van der Waals surface area contributed by atoms with E-state index < -0.39 is 0 Å². The lowest BCUT2D eigenvalue weighted by molar-refractivity contribution is 0.0993. The van der Waals surface area contributed by atoms with Gasteiger partial charge >= 0.3 is 0 Å². The van der Waals surface area contributed by atoms with Crippen LogP contribution in [0.5, 0.6) is 0 Å². The number of aromatic nitrogens is 1. The first-order chi connectivity index (χ1) is 10.3. The van der Waals surface area contributed by atoms with Gasteiger partial charge in [0.25, 0.3) is 0 Å². The summed E-state index contributed by atoms with van der Waals surface area (Å²) in [5.74, 6) is 0.154. The number of para-hydroxylation sites is 1. The predicted molar refractivity (Wildman–Crippen MR) is 85.6 cm³/mol. The zero-order chi connectivity index (χ0) is 14.7. The fourth-order valence-corrected chi connectivity index (χ4v) is 2.64. The molecule has 0 atom stereocenters. The highest BCUT2D eigenvalue weighted by atomic mass is 16.1. The maximum Gasteiger partial charge on any atom is 0.167 e. The van der Waals surface area contributed by atoms with E-state index in [2.05, 4.69) is 18.0 Å². The van der Waals surface area contributed by atoms with Crippen molar-refractivity contribution in [3.05, 3.63) is 77.5 Å². The Kier molecular flexibility index (Phi) is 3.78. The first-order valence-corrected chi connectivity index (χ1v) is 7.23. The number of nitrogens with zero attached hydrogens (tertiary/aromatic N) is 1. The molecular weight excluding hydrogens is 258 g/mol. The highest BCUT2D eigenvalue weighted by Crippen LogP contribution is 2.22.